The van der Waals surface area contributed by atoms with Gasteiger partial charge in [0.1, 0.15) is 5.82 Å². The smallest absolute Gasteiger partial charge is 0.142 e. The Hall–Kier alpha value is -1.75. The van der Waals surface area contributed by atoms with Crippen molar-refractivity contribution in [3.05, 3.63) is 36.0 Å². The maximum absolute atomic E-state index is 13.0. The molecule has 0 unspecified atom stereocenters. The molecule has 0 atom stereocenters. The average Bonchev–Trinajstić information content (AvgIpc) is 2.78. The lowest BCUT2D eigenvalue weighted by Gasteiger charge is -1.98. The summed E-state index contributed by atoms with van der Waals surface area (Å²) in [5.41, 5.74) is 2.38. The predicted molar refractivity (Wildman–Crippen MR) is 63.8 cm³/mol. The molecule has 0 bridgehead atoms. The van der Waals surface area contributed by atoms with Crippen LogP contribution in [-0.4, -0.2) is 21.7 Å². The molecular formula is C12H15FN4. The Kier molecular flexibility index (Phi) is 3.82. The quantitative estimate of drug-likeness (QED) is 0.779. The van der Waals surface area contributed by atoms with Crippen molar-refractivity contribution >= 4 is 0 Å². The number of aromatic nitrogens is 3. The highest BCUT2D eigenvalue weighted by atomic mass is 19.1. The predicted octanol–water partition coefficient (Wildman–Crippen LogP) is 2.11. The summed E-state index contributed by atoms with van der Waals surface area (Å²) in [6.07, 6.45) is 3.87. The zero-order chi connectivity index (χ0) is 12.1. The minimum absolute atomic E-state index is 0.351. The first-order chi connectivity index (χ1) is 8.29. The van der Waals surface area contributed by atoms with Crippen molar-refractivity contribution in [2.75, 3.05) is 6.54 Å². The standard InChI is InChI=1S/C12H15FN4/c1-2-3-14-8-11-5-12(17-16-11)9-4-10(13)7-15-6-9/h4-7,14H,2-3,8H2,1H3,(H,16,17). The molecule has 0 aromatic carbocycles. The van der Waals surface area contributed by atoms with E-state index < -0.39 is 0 Å². The molecule has 0 aliphatic rings. The van der Waals surface area contributed by atoms with E-state index in [1.807, 2.05) is 6.07 Å². The van der Waals surface area contributed by atoms with Crippen LogP contribution in [0.25, 0.3) is 11.3 Å². The Morgan fingerprint density at radius 2 is 2.24 bits per heavy atom. The molecule has 0 aliphatic carbocycles. The van der Waals surface area contributed by atoms with Gasteiger partial charge in [-0.05, 0) is 25.1 Å². The van der Waals surface area contributed by atoms with E-state index in [0.29, 0.717) is 11.3 Å². The minimum atomic E-state index is -0.351. The van der Waals surface area contributed by atoms with Gasteiger partial charge in [-0.3, -0.25) is 10.1 Å². The van der Waals surface area contributed by atoms with Crippen LogP contribution in [0.1, 0.15) is 19.0 Å². The summed E-state index contributed by atoms with van der Waals surface area (Å²) >= 11 is 0. The van der Waals surface area contributed by atoms with Gasteiger partial charge in [-0.25, -0.2) is 4.39 Å². The van der Waals surface area contributed by atoms with E-state index in [1.165, 1.54) is 12.3 Å². The van der Waals surface area contributed by atoms with Gasteiger partial charge in [-0.1, -0.05) is 6.92 Å². The maximum atomic E-state index is 13.0. The molecule has 2 aromatic heterocycles. The molecule has 5 heteroatoms. The zero-order valence-corrected chi connectivity index (χ0v) is 9.70. The van der Waals surface area contributed by atoms with E-state index in [9.17, 15) is 4.39 Å². The Morgan fingerprint density at radius 1 is 1.35 bits per heavy atom. The van der Waals surface area contributed by atoms with Gasteiger partial charge in [0, 0.05) is 24.0 Å². The summed E-state index contributed by atoms with van der Waals surface area (Å²) in [5, 5.41) is 10.3. The summed E-state index contributed by atoms with van der Waals surface area (Å²) in [6, 6.07) is 3.32. The molecule has 2 heterocycles. The van der Waals surface area contributed by atoms with E-state index in [2.05, 4.69) is 27.4 Å². The second-order valence-corrected chi connectivity index (χ2v) is 3.85. The van der Waals surface area contributed by atoms with Crippen LogP contribution in [0.4, 0.5) is 4.39 Å². The fraction of sp³-hybridized carbons (Fsp3) is 0.333. The van der Waals surface area contributed by atoms with Gasteiger partial charge in [0.05, 0.1) is 11.9 Å². The maximum Gasteiger partial charge on any atom is 0.142 e. The summed E-state index contributed by atoms with van der Waals surface area (Å²) in [5.74, 6) is -0.351. The lowest BCUT2D eigenvalue weighted by Crippen LogP contribution is -2.13. The first kappa shape index (κ1) is 11.7. The van der Waals surface area contributed by atoms with Crippen molar-refractivity contribution in [2.45, 2.75) is 19.9 Å². The fourth-order valence-electron chi connectivity index (χ4n) is 1.55. The minimum Gasteiger partial charge on any atom is -0.311 e. The van der Waals surface area contributed by atoms with Crippen LogP contribution in [0.2, 0.25) is 0 Å². The van der Waals surface area contributed by atoms with Crippen LogP contribution in [0.15, 0.2) is 24.5 Å². The Labute approximate surface area is 99.3 Å². The second-order valence-electron chi connectivity index (χ2n) is 3.85. The highest BCUT2D eigenvalue weighted by molar-refractivity contribution is 5.57. The van der Waals surface area contributed by atoms with Crippen LogP contribution in [0, 0.1) is 5.82 Å². The van der Waals surface area contributed by atoms with Crippen LogP contribution < -0.4 is 5.32 Å². The van der Waals surface area contributed by atoms with Crippen LogP contribution in [0.3, 0.4) is 0 Å². The largest absolute Gasteiger partial charge is 0.311 e. The SMILES string of the molecule is CCCNCc1cc(-c2cncc(F)c2)n[nH]1. The number of nitrogens with zero attached hydrogens (tertiary/aromatic N) is 2. The van der Waals surface area contributed by atoms with Gasteiger partial charge in [0.15, 0.2) is 0 Å². The van der Waals surface area contributed by atoms with Crippen molar-refractivity contribution in [1.29, 1.82) is 0 Å². The number of halogens is 1. The van der Waals surface area contributed by atoms with Gasteiger partial charge >= 0.3 is 0 Å². The average molecular weight is 234 g/mol. The van der Waals surface area contributed by atoms with Gasteiger partial charge < -0.3 is 5.32 Å². The molecule has 0 aliphatic heterocycles. The molecule has 2 aromatic rings. The first-order valence-electron chi connectivity index (χ1n) is 5.65. The highest BCUT2D eigenvalue weighted by Gasteiger charge is 2.05. The Balaban J connectivity index is 2.07. The van der Waals surface area contributed by atoms with E-state index >= 15 is 0 Å². The van der Waals surface area contributed by atoms with Crippen LogP contribution in [0.5, 0.6) is 0 Å². The second kappa shape index (κ2) is 5.54. The summed E-state index contributed by atoms with van der Waals surface area (Å²) < 4.78 is 13.0. The third-order valence-electron chi connectivity index (χ3n) is 2.37. The molecule has 2 rings (SSSR count). The number of rotatable bonds is 5. The topological polar surface area (TPSA) is 53.6 Å². The van der Waals surface area contributed by atoms with Gasteiger partial charge in [0.2, 0.25) is 0 Å². The lowest BCUT2D eigenvalue weighted by atomic mass is 10.2. The number of hydrogen-bond acceptors (Lipinski definition) is 3. The molecule has 90 valence electrons. The van der Waals surface area contributed by atoms with Crippen molar-refractivity contribution in [3.8, 4) is 11.3 Å². The third kappa shape index (κ3) is 3.10. The number of nitrogens with one attached hydrogen (secondary N) is 2. The van der Waals surface area contributed by atoms with Crippen molar-refractivity contribution < 1.29 is 4.39 Å². The molecule has 0 amide bonds. The molecule has 0 saturated carbocycles. The summed E-state index contributed by atoms with van der Waals surface area (Å²) in [4.78, 5) is 3.80. The highest BCUT2D eigenvalue weighted by Crippen LogP contribution is 2.17. The normalized spacial score (nSPS) is 10.7. The van der Waals surface area contributed by atoms with Gasteiger partial charge in [-0.2, -0.15) is 5.10 Å². The zero-order valence-electron chi connectivity index (χ0n) is 9.70. The summed E-state index contributed by atoms with van der Waals surface area (Å²) in [7, 11) is 0. The molecule has 0 spiro atoms. The number of hydrogen-bond donors (Lipinski definition) is 2. The monoisotopic (exact) mass is 234 g/mol. The van der Waals surface area contributed by atoms with E-state index in [-0.39, 0.29) is 5.82 Å². The molecular weight excluding hydrogens is 219 g/mol. The molecule has 0 fully saturated rings. The van der Waals surface area contributed by atoms with Gasteiger partial charge in [0.25, 0.3) is 0 Å². The van der Waals surface area contributed by atoms with Crippen molar-refractivity contribution in [2.24, 2.45) is 0 Å². The lowest BCUT2D eigenvalue weighted by molar-refractivity contribution is 0.622. The van der Waals surface area contributed by atoms with E-state index in [0.717, 1.165) is 25.2 Å². The Bertz CT molecular complexity index is 481. The van der Waals surface area contributed by atoms with Crippen LogP contribution in [-0.2, 0) is 6.54 Å². The van der Waals surface area contributed by atoms with Crippen molar-refractivity contribution in [1.82, 2.24) is 20.5 Å². The summed E-state index contributed by atoms with van der Waals surface area (Å²) in [6.45, 7) is 3.82. The first-order valence-corrected chi connectivity index (χ1v) is 5.65. The molecule has 17 heavy (non-hydrogen) atoms. The van der Waals surface area contributed by atoms with E-state index in [1.54, 1.807) is 6.20 Å². The third-order valence-corrected chi connectivity index (χ3v) is 2.37. The van der Waals surface area contributed by atoms with E-state index in [4.69, 9.17) is 0 Å². The Morgan fingerprint density at radius 3 is 3.00 bits per heavy atom. The number of pyridine rings is 1. The molecule has 0 saturated heterocycles. The number of H-pyrrole nitrogens is 1. The molecule has 0 radical (unpaired) electrons. The molecule has 2 N–H and O–H groups in total. The van der Waals surface area contributed by atoms with Crippen molar-refractivity contribution in [3.63, 3.8) is 0 Å². The van der Waals surface area contributed by atoms with Gasteiger partial charge in [-0.15, -0.1) is 0 Å². The number of aromatic amines is 1. The fourth-order valence-corrected chi connectivity index (χ4v) is 1.55. The molecule has 4 nitrogen and oxygen atoms in total. The van der Waals surface area contributed by atoms with Crippen LogP contribution >= 0.6 is 0 Å².